The standard InChI is InChI=1S/C12H16ClNO2/c1-2-14(12(15)16)9-8-11(13)10-6-4-3-5-7-10/h3-7,11H,2,8-9H2,1H3,(H,15,16). The Morgan fingerprint density at radius 3 is 2.56 bits per heavy atom. The largest absolute Gasteiger partial charge is 0.465 e. The monoisotopic (exact) mass is 241 g/mol. The van der Waals surface area contributed by atoms with Crippen molar-refractivity contribution >= 4 is 17.7 Å². The van der Waals surface area contributed by atoms with Gasteiger partial charge in [0.15, 0.2) is 0 Å². The summed E-state index contributed by atoms with van der Waals surface area (Å²) < 4.78 is 0. The van der Waals surface area contributed by atoms with Crippen molar-refractivity contribution in [3.05, 3.63) is 35.9 Å². The second kappa shape index (κ2) is 6.38. The minimum absolute atomic E-state index is 0.130. The van der Waals surface area contributed by atoms with Crippen LogP contribution >= 0.6 is 11.6 Å². The molecule has 16 heavy (non-hydrogen) atoms. The maximum Gasteiger partial charge on any atom is 0.407 e. The highest BCUT2D eigenvalue weighted by atomic mass is 35.5. The van der Waals surface area contributed by atoms with E-state index >= 15 is 0 Å². The van der Waals surface area contributed by atoms with Crippen molar-refractivity contribution in [3.63, 3.8) is 0 Å². The summed E-state index contributed by atoms with van der Waals surface area (Å²) in [4.78, 5) is 12.1. The molecule has 0 aromatic heterocycles. The topological polar surface area (TPSA) is 40.5 Å². The molecular formula is C12H16ClNO2. The van der Waals surface area contributed by atoms with Gasteiger partial charge in [-0.25, -0.2) is 4.79 Å². The van der Waals surface area contributed by atoms with Crippen molar-refractivity contribution in [1.29, 1.82) is 0 Å². The van der Waals surface area contributed by atoms with E-state index in [0.29, 0.717) is 19.5 Å². The Morgan fingerprint density at radius 2 is 2.06 bits per heavy atom. The number of alkyl halides is 1. The fourth-order valence-corrected chi connectivity index (χ4v) is 1.73. The van der Waals surface area contributed by atoms with Crippen LogP contribution in [0.1, 0.15) is 24.3 Å². The molecule has 0 aliphatic rings. The van der Waals surface area contributed by atoms with E-state index in [1.165, 1.54) is 4.90 Å². The highest BCUT2D eigenvalue weighted by Gasteiger charge is 2.13. The van der Waals surface area contributed by atoms with Crippen LogP contribution in [0.3, 0.4) is 0 Å². The molecule has 0 saturated heterocycles. The average molecular weight is 242 g/mol. The van der Waals surface area contributed by atoms with Crippen LogP contribution in [0.25, 0.3) is 0 Å². The lowest BCUT2D eigenvalue weighted by molar-refractivity contribution is 0.147. The molecule has 1 rings (SSSR count). The molecule has 1 unspecified atom stereocenters. The summed E-state index contributed by atoms with van der Waals surface area (Å²) in [6.45, 7) is 2.78. The third-order valence-corrected chi connectivity index (χ3v) is 2.94. The maximum atomic E-state index is 10.8. The first-order chi connectivity index (χ1) is 7.65. The van der Waals surface area contributed by atoms with Gasteiger partial charge >= 0.3 is 6.09 Å². The van der Waals surface area contributed by atoms with Crippen molar-refractivity contribution < 1.29 is 9.90 Å². The van der Waals surface area contributed by atoms with Crippen LogP contribution in [-0.2, 0) is 0 Å². The van der Waals surface area contributed by atoms with Gasteiger partial charge in [-0.1, -0.05) is 30.3 Å². The van der Waals surface area contributed by atoms with E-state index in [9.17, 15) is 4.79 Å². The first kappa shape index (κ1) is 12.8. The maximum absolute atomic E-state index is 10.8. The highest BCUT2D eigenvalue weighted by Crippen LogP contribution is 2.23. The smallest absolute Gasteiger partial charge is 0.407 e. The number of carboxylic acid groups (broad SMARTS) is 1. The summed E-state index contributed by atoms with van der Waals surface area (Å²) >= 11 is 6.19. The molecule has 0 aliphatic heterocycles. The Labute approximate surface area is 101 Å². The lowest BCUT2D eigenvalue weighted by Crippen LogP contribution is -2.30. The SMILES string of the molecule is CCN(CCC(Cl)c1ccccc1)C(=O)O. The van der Waals surface area contributed by atoms with Gasteiger partial charge in [-0.05, 0) is 18.9 Å². The third kappa shape index (κ3) is 3.74. The minimum atomic E-state index is -0.889. The summed E-state index contributed by atoms with van der Waals surface area (Å²) in [6.07, 6.45) is -0.259. The number of hydrogen-bond donors (Lipinski definition) is 1. The molecular weight excluding hydrogens is 226 g/mol. The van der Waals surface area contributed by atoms with E-state index in [1.807, 2.05) is 37.3 Å². The number of carbonyl (C=O) groups is 1. The summed E-state index contributed by atoms with van der Waals surface area (Å²) in [7, 11) is 0. The molecule has 1 N–H and O–H groups in total. The Balaban J connectivity index is 2.46. The van der Waals surface area contributed by atoms with E-state index < -0.39 is 6.09 Å². The molecule has 0 radical (unpaired) electrons. The van der Waals surface area contributed by atoms with Crippen LogP contribution < -0.4 is 0 Å². The van der Waals surface area contributed by atoms with E-state index in [2.05, 4.69) is 0 Å². The predicted molar refractivity (Wildman–Crippen MR) is 64.9 cm³/mol. The molecule has 0 aliphatic carbocycles. The molecule has 4 heteroatoms. The molecule has 1 amide bonds. The minimum Gasteiger partial charge on any atom is -0.465 e. The van der Waals surface area contributed by atoms with Crippen LogP contribution in [-0.4, -0.2) is 29.2 Å². The zero-order valence-corrected chi connectivity index (χ0v) is 10.0. The number of halogens is 1. The number of benzene rings is 1. The van der Waals surface area contributed by atoms with Gasteiger partial charge in [0.2, 0.25) is 0 Å². The van der Waals surface area contributed by atoms with E-state index in [1.54, 1.807) is 0 Å². The number of amides is 1. The van der Waals surface area contributed by atoms with Crippen LogP contribution in [0.4, 0.5) is 4.79 Å². The van der Waals surface area contributed by atoms with Crippen LogP contribution in [0.15, 0.2) is 30.3 Å². The summed E-state index contributed by atoms with van der Waals surface area (Å²) in [5, 5.41) is 8.71. The first-order valence-corrected chi connectivity index (χ1v) is 5.75. The molecule has 0 heterocycles. The summed E-state index contributed by atoms with van der Waals surface area (Å²) in [6, 6.07) is 9.70. The van der Waals surface area contributed by atoms with Gasteiger partial charge in [0.25, 0.3) is 0 Å². The molecule has 1 atom stereocenters. The Morgan fingerprint density at radius 1 is 1.44 bits per heavy atom. The lowest BCUT2D eigenvalue weighted by Gasteiger charge is -2.18. The van der Waals surface area contributed by atoms with Crippen LogP contribution in [0.2, 0.25) is 0 Å². The van der Waals surface area contributed by atoms with Crippen molar-refractivity contribution in [2.24, 2.45) is 0 Å². The van der Waals surface area contributed by atoms with Crippen molar-refractivity contribution in [2.75, 3.05) is 13.1 Å². The third-order valence-electron chi connectivity index (χ3n) is 2.47. The van der Waals surface area contributed by atoms with Crippen molar-refractivity contribution in [1.82, 2.24) is 4.90 Å². The molecule has 88 valence electrons. The fourth-order valence-electron chi connectivity index (χ4n) is 1.49. The van der Waals surface area contributed by atoms with Gasteiger partial charge in [-0.2, -0.15) is 0 Å². The Hall–Kier alpha value is -1.22. The van der Waals surface area contributed by atoms with Crippen LogP contribution in [0.5, 0.6) is 0 Å². The molecule has 0 fully saturated rings. The number of nitrogens with zero attached hydrogens (tertiary/aromatic N) is 1. The van der Waals surface area contributed by atoms with E-state index in [0.717, 1.165) is 5.56 Å². The second-order valence-electron chi connectivity index (χ2n) is 3.53. The summed E-state index contributed by atoms with van der Waals surface area (Å²) in [5.74, 6) is 0. The molecule has 1 aromatic rings. The molecule has 1 aromatic carbocycles. The van der Waals surface area contributed by atoms with Gasteiger partial charge in [0.05, 0.1) is 5.38 Å². The number of hydrogen-bond acceptors (Lipinski definition) is 1. The highest BCUT2D eigenvalue weighted by molar-refractivity contribution is 6.20. The van der Waals surface area contributed by atoms with Gasteiger partial charge in [0, 0.05) is 13.1 Å². The van der Waals surface area contributed by atoms with Gasteiger partial charge < -0.3 is 10.0 Å². The quantitative estimate of drug-likeness (QED) is 0.803. The van der Waals surface area contributed by atoms with E-state index in [4.69, 9.17) is 16.7 Å². The second-order valence-corrected chi connectivity index (χ2v) is 4.06. The van der Waals surface area contributed by atoms with Crippen LogP contribution in [0, 0.1) is 0 Å². The molecule has 0 bridgehead atoms. The van der Waals surface area contributed by atoms with E-state index in [-0.39, 0.29) is 5.38 Å². The fraction of sp³-hybridized carbons (Fsp3) is 0.417. The molecule has 0 saturated carbocycles. The Bertz CT molecular complexity index is 329. The lowest BCUT2D eigenvalue weighted by atomic mass is 10.1. The van der Waals surface area contributed by atoms with Crippen molar-refractivity contribution in [3.8, 4) is 0 Å². The van der Waals surface area contributed by atoms with Gasteiger partial charge in [-0.3, -0.25) is 0 Å². The predicted octanol–water partition coefficient (Wildman–Crippen LogP) is 3.36. The molecule has 3 nitrogen and oxygen atoms in total. The Kier molecular flexibility index (Phi) is 5.12. The number of rotatable bonds is 5. The zero-order chi connectivity index (χ0) is 12.0. The van der Waals surface area contributed by atoms with Gasteiger partial charge in [0.1, 0.15) is 0 Å². The average Bonchev–Trinajstić information content (AvgIpc) is 2.30. The summed E-state index contributed by atoms with van der Waals surface area (Å²) in [5.41, 5.74) is 1.03. The normalized spacial score (nSPS) is 12.1. The first-order valence-electron chi connectivity index (χ1n) is 5.32. The zero-order valence-electron chi connectivity index (χ0n) is 9.27. The molecule has 0 spiro atoms. The van der Waals surface area contributed by atoms with Gasteiger partial charge in [-0.15, -0.1) is 11.6 Å². The van der Waals surface area contributed by atoms with Crippen molar-refractivity contribution in [2.45, 2.75) is 18.7 Å².